The molecule has 1 aliphatic rings. The Balaban J connectivity index is 1.64. The van der Waals surface area contributed by atoms with Crippen LogP contribution in [0.3, 0.4) is 0 Å². The summed E-state index contributed by atoms with van der Waals surface area (Å²) in [6.45, 7) is 9.36. The van der Waals surface area contributed by atoms with Gasteiger partial charge in [-0.1, -0.05) is 37.3 Å². The van der Waals surface area contributed by atoms with Gasteiger partial charge in [0.15, 0.2) is 5.96 Å². The average molecular weight is 348 g/mol. The molecule has 2 rings (SSSR count). The van der Waals surface area contributed by atoms with Crippen LogP contribution in [0, 0.1) is 5.92 Å². The predicted octanol–water partition coefficient (Wildman–Crippen LogP) is 2.92. The summed E-state index contributed by atoms with van der Waals surface area (Å²) < 4.78 is 11.5. The SMILES string of the molecule is CCOC1CCN(C(=NC)NCC(C)COCc2ccccc2)CC1. The number of hydrogen-bond acceptors (Lipinski definition) is 3. The molecule has 0 aromatic heterocycles. The Morgan fingerprint density at radius 1 is 1.28 bits per heavy atom. The molecule has 1 unspecified atom stereocenters. The van der Waals surface area contributed by atoms with Crippen molar-refractivity contribution < 1.29 is 9.47 Å². The van der Waals surface area contributed by atoms with Crippen molar-refractivity contribution in [1.82, 2.24) is 10.2 Å². The van der Waals surface area contributed by atoms with Crippen molar-refractivity contribution in [3.05, 3.63) is 35.9 Å². The minimum Gasteiger partial charge on any atom is -0.378 e. The lowest BCUT2D eigenvalue weighted by Crippen LogP contribution is -2.48. The molecule has 5 heteroatoms. The van der Waals surface area contributed by atoms with E-state index >= 15 is 0 Å². The van der Waals surface area contributed by atoms with E-state index in [1.165, 1.54) is 5.56 Å². The van der Waals surface area contributed by atoms with Crippen molar-refractivity contribution >= 4 is 5.96 Å². The van der Waals surface area contributed by atoms with Crippen molar-refractivity contribution in [3.8, 4) is 0 Å². The number of nitrogens with one attached hydrogen (secondary N) is 1. The van der Waals surface area contributed by atoms with Gasteiger partial charge in [0, 0.05) is 33.3 Å². The highest BCUT2D eigenvalue weighted by Crippen LogP contribution is 2.13. The maximum atomic E-state index is 5.82. The summed E-state index contributed by atoms with van der Waals surface area (Å²) in [7, 11) is 1.85. The Bertz CT molecular complexity index is 499. The molecule has 0 amide bonds. The van der Waals surface area contributed by atoms with E-state index < -0.39 is 0 Å². The monoisotopic (exact) mass is 347 g/mol. The van der Waals surface area contributed by atoms with Gasteiger partial charge in [-0.15, -0.1) is 0 Å². The maximum absolute atomic E-state index is 5.82. The van der Waals surface area contributed by atoms with Gasteiger partial charge in [0.05, 0.1) is 19.3 Å². The zero-order chi connectivity index (χ0) is 17.9. The number of ether oxygens (including phenoxy) is 2. The van der Waals surface area contributed by atoms with Crippen LogP contribution in [0.25, 0.3) is 0 Å². The van der Waals surface area contributed by atoms with Crippen LogP contribution >= 0.6 is 0 Å². The van der Waals surface area contributed by atoms with Crippen LogP contribution in [0.2, 0.25) is 0 Å². The lowest BCUT2D eigenvalue weighted by molar-refractivity contribution is 0.0262. The molecular weight excluding hydrogens is 314 g/mol. The second kappa shape index (κ2) is 11.1. The molecule has 25 heavy (non-hydrogen) atoms. The lowest BCUT2D eigenvalue weighted by Gasteiger charge is -2.34. The third kappa shape index (κ3) is 7.04. The van der Waals surface area contributed by atoms with Gasteiger partial charge in [-0.2, -0.15) is 0 Å². The van der Waals surface area contributed by atoms with Crippen LogP contribution in [0.4, 0.5) is 0 Å². The summed E-state index contributed by atoms with van der Waals surface area (Å²) in [5, 5.41) is 3.49. The first kappa shape index (κ1) is 19.7. The molecule has 1 N–H and O–H groups in total. The zero-order valence-corrected chi connectivity index (χ0v) is 15.9. The first-order valence-corrected chi connectivity index (χ1v) is 9.41. The molecule has 1 saturated heterocycles. The molecule has 0 radical (unpaired) electrons. The van der Waals surface area contributed by atoms with Crippen LogP contribution in [-0.4, -0.2) is 56.9 Å². The fraction of sp³-hybridized carbons (Fsp3) is 0.650. The first-order valence-electron chi connectivity index (χ1n) is 9.41. The molecule has 140 valence electrons. The second-order valence-electron chi connectivity index (χ2n) is 6.68. The zero-order valence-electron chi connectivity index (χ0n) is 15.9. The number of nitrogens with zero attached hydrogens (tertiary/aromatic N) is 2. The summed E-state index contributed by atoms with van der Waals surface area (Å²) in [6, 6.07) is 10.3. The highest BCUT2D eigenvalue weighted by Gasteiger charge is 2.21. The molecule has 1 aromatic carbocycles. The van der Waals surface area contributed by atoms with E-state index in [2.05, 4.69) is 41.2 Å². The molecule has 0 saturated carbocycles. The smallest absolute Gasteiger partial charge is 0.193 e. The van der Waals surface area contributed by atoms with Crippen molar-refractivity contribution in [1.29, 1.82) is 0 Å². The van der Waals surface area contributed by atoms with E-state index in [0.29, 0.717) is 18.6 Å². The fourth-order valence-electron chi connectivity index (χ4n) is 3.08. The minimum atomic E-state index is 0.407. The van der Waals surface area contributed by atoms with Gasteiger partial charge in [-0.25, -0.2) is 0 Å². The summed E-state index contributed by atoms with van der Waals surface area (Å²) in [6.07, 6.45) is 2.55. The second-order valence-corrected chi connectivity index (χ2v) is 6.68. The van der Waals surface area contributed by atoms with E-state index in [9.17, 15) is 0 Å². The molecule has 0 spiro atoms. The summed E-state index contributed by atoms with van der Waals surface area (Å²) >= 11 is 0. The van der Waals surface area contributed by atoms with Crippen LogP contribution < -0.4 is 5.32 Å². The third-order valence-electron chi connectivity index (χ3n) is 4.48. The lowest BCUT2D eigenvalue weighted by atomic mass is 10.1. The summed E-state index contributed by atoms with van der Waals surface area (Å²) in [5.74, 6) is 1.42. The minimum absolute atomic E-state index is 0.407. The molecule has 1 atom stereocenters. The molecule has 1 heterocycles. The number of guanidine groups is 1. The standard InChI is InChI=1S/C20H33N3O2/c1-4-25-19-10-12-23(13-11-19)20(21-3)22-14-17(2)15-24-16-18-8-6-5-7-9-18/h5-9,17,19H,4,10-16H2,1-3H3,(H,21,22). The van der Waals surface area contributed by atoms with Gasteiger partial charge in [0.2, 0.25) is 0 Å². The Morgan fingerprint density at radius 2 is 2.00 bits per heavy atom. The molecule has 1 aliphatic heterocycles. The van der Waals surface area contributed by atoms with Crippen LogP contribution in [0.1, 0.15) is 32.3 Å². The van der Waals surface area contributed by atoms with E-state index in [1.54, 1.807) is 0 Å². The maximum Gasteiger partial charge on any atom is 0.193 e. The topological polar surface area (TPSA) is 46.1 Å². The Morgan fingerprint density at radius 3 is 2.64 bits per heavy atom. The first-order chi connectivity index (χ1) is 12.2. The normalized spacial score (nSPS) is 17.6. The van der Waals surface area contributed by atoms with Crippen LogP contribution in [-0.2, 0) is 16.1 Å². The number of hydrogen-bond donors (Lipinski definition) is 1. The number of likely N-dealkylation sites (tertiary alicyclic amines) is 1. The molecule has 0 aliphatic carbocycles. The molecular formula is C20H33N3O2. The number of aliphatic imine (C=N–C) groups is 1. The van der Waals surface area contributed by atoms with E-state index in [0.717, 1.165) is 51.6 Å². The predicted molar refractivity (Wildman–Crippen MR) is 103 cm³/mol. The molecule has 0 bridgehead atoms. The molecule has 5 nitrogen and oxygen atoms in total. The third-order valence-corrected chi connectivity index (χ3v) is 4.48. The van der Waals surface area contributed by atoms with Crippen molar-refractivity contribution in [2.45, 2.75) is 39.4 Å². The Labute approximate surface area is 152 Å². The number of benzene rings is 1. The van der Waals surface area contributed by atoms with Gasteiger partial charge in [0.25, 0.3) is 0 Å². The van der Waals surface area contributed by atoms with Crippen LogP contribution in [0.15, 0.2) is 35.3 Å². The fourth-order valence-corrected chi connectivity index (χ4v) is 3.08. The van der Waals surface area contributed by atoms with Gasteiger partial charge in [-0.3, -0.25) is 4.99 Å². The quantitative estimate of drug-likeness (QED) is 0.580. The van der Waals surface area contributed by atoms with Crippen molar-refractivity contribution in [3.63, 3.8) is 0 Å². The van der Waals surface area contributed by atoms with Gasteiger partial charge in [0.1, 0.15) is 0 Å². The van der Waals surface area contributed by atoms with Crippen LogP contribution in [0.5, 0.6) is 0 Å². The average Bonchev–Trinajstić information content (AvgIpc) is 2.64. The number of rotatable bonds is 8. The highest BCUT2D eigenvalue weighted by atomic mass is 16.5. The number of piperidine rings is 1. The molecule has 1 fully saturated rings. The van der Waals surface area contributed by atoms with Gasteiger partial charge >= 0.3 is 0 Å². The van der Waals surface area contributed by atoms with E-state index in [1.807, 2.05) is 25.2 Å². The van der Waals surface area contributed by atoms with E-state index in [-0.39, 0.29) is 0 Å². The van der Waals surface area contributed by atoms with Gasteiger partial charge < -0.3 is 19.7 Å². The summed E-state index contributed by atoms with van der Waals surface area (Å²) in [4.78, 5) is 6.76. The van der Waals surface area contributed by atoms with Gasteiger partial charge in [-0.05, 0) is 31.2 Å². The highest BCUT2D eigenvalue weighted by molar-refractivity contribution is 5.79. The summed E-state index contributed by atoms with van der Waals surface area (Å²) in [5.41, 5.74) is 1.22. The molecule has 1 aromatic rings. The van der Waals surface area contributed by atoms with E-state index in [4.69, 9.17) is 9.47 Å². The largest absolute Gasteiger partial charge is 0.378 e. The Kier molecular flexibility index (Phi) is 8.77. The van der Waals surface area contributed by atoms with Crippen molar-refractivity contribution in [2.75, 3.05) is 39.9 Å². The van der Waals surface area contributed by atoms with Crippen molar-refractivity contribution in [2.24, 2.45) is 10.9 Å². The Hall–Kier alpha value is -1.59.